The van der Waals surface area contributed by atoms with E-state index in [1.54, 1.807) is 30.1 Å². The van der Waals surface area contributed by atoms with Crippen molar-refractivity contribution in [3.05, 3.63) is 60.8 Å². The molecule has 0 saturated carbocycles. The van der Waals surface area contributed by atoms with E-state index >= 15 is 0 Å². The van der Waals surface area contributed by atoms with Crippen molar-refractivity contribution < 1.29 is 4.74 Å². The molecule has 1 atom stereocenters. The smallest absolute Gasteiger partial charge is 0.223 e. The third-order valence-corrected chi connectivity index (χ3v) is 5.33. The van der Waals surface area contributed by atoms with E-state index in [2.05, 4.69) is 44.4 Å². The second-order valence-electron chi connectivity index (χ2n) is 6.26. The molecule has 0 radical (unpaired) electrons. The number of thiophene rings is 1. The monoisotopic (exact) mass is 389 g/mol. The van der Waals surface area contributed by atoms with Crippen LogP contribution in [-0.4, -0.2) is 39.2 Å². The Kier molecular flexibility index (Phi) is 5.61. The summed E-state index contributed by atoms with van der Waals surface area (Å²) in [6.45, 7) is 0.712. The van der Waals surface area contributed by atoms with E-state index in [1.165, 1.54) is 10.1 Å². The highest BCUT2D eigenvalue weighted by Gasteiger charge is 2.14. The van der Waals surface area contributed by atoms with E-state index in [0.29, 0.717) is 19.0 Å². The predicted octanol–water partition coefficient (Wildman–Crippen LogP) is 3.75. The second-order valence-corrected chi connectivity index (χ2v) is 7.34. The van der Waals surface area contributed by atoms with Crippen molar-refractivity contribution in [1.82, 2.24) is 19.9 Å². The number of fused-ring (bicyclic) bond motifs is 1. The van der Waals surface area contributed by atoms with Gasteiger partial charge in [0, 0.05) is 29.2 Å². The van der Waals surface area contributed by atoms with Crippen LogP contribution < -0.4 is 5.32 Å². The highest BCUT2D eigenvalue weighted by atomic mass is 32.1. The van der Waals surface area contributed by atoms with Crippen molar-refractivity contribution in [2.45, 2.75) is 12.5 Å². The Hall–Kier alpha value is -3.21. The minimum Gasteiger partial charge on any atom is -0.367 e. The minimum absolute atomic E-state index is 0.0357. The molecule has 0 fully saturated rings. The molecule has 140 valence electrons. The molecule has 3 aromatic heterocycles. The molecular weight excluding hydrogens is 370 g/mol. The summed E-state index contributed by atoms with van der Waals surface area (Å²) in [4.78, 5) is 17.4. The molecule has 2 N–H and O–H groups in total. The average molecular weight is 389 g/mol. The number of nitrogens with zero attached hydrogens (tertiary/aromatic N) is 3. The number of aromatic nitrogens is 4. The standard InChI is InChI=1S/C21H19N5OS/c1-2-9-27-13-17(11-16-12-22-14-24-16)25-21-23-8-7-18(26-21)20-10-15-5-3-4-6-19(15)28-20/h1,3-8,10,12,14,17H,9,11,13H2,(H,22,24)(H,23,25,26)/t17-/m0/s1. The quantitative estimate of drug-likeness (QED) is 0.355. The number of imidazole rings is 1. The van der Waals surface area contributed by atoms with Gasteiger partial charge in [-0.15, -0.1) is 17.8 Å². The Bertz CT molecular complexity index is 1050. The van der Waals surface area contributed by atoms with E-state index < -0.39 is 0 Å². The number of H-pyrrole nitrogens is 1. The van der Waals surface area contributed by atoms with Crippen molar-refractivity contribution in [2.24, 2.45) is 0 Å². The Morgan fingerprint density at radius 1 is 1.29 bits per heavy atom. The molecule has 0 unspecified atom stereocenters. The van der Waals surface area contributed by atoms with Crippen molar-refractivity contribution in [3.8, 4) is 22.9 Å². The maximum atomic E-state index is 5.53. The summed E-state index contributed by atoms with van der Waals surface area (Å²) in [6, 6.07) is 12.4. The number of benzene rings is 1. The summed E-state index contributed by atoms with van der Waals surface area (Å²) in [5, 5.41) is 4.58. The molecule has 1 aromatic carbocycles. The molecule has 4 rings (SSSR count). The lowest BCUT2D eigenvalue weighted by molar-refractivity contribution is 0.155. The fourth-order valence-corrected chi connectivity index (χ4v) is 3.96. The maximum Gasteiger partial charge on any atom is 0.223 e. The first-order chi connectivity index (χ1) is 13.8. The fraction of sp³-hybridized carbons (Fsp3) is 0.190. The van der Waals surface area contributed by atoms with Gasteiger partial charge < -0.3 is 15.0 Å². The van der Waals surface area contributed by atoms with Gasteiger partial charge in [-0.3, -0.25) is 0 Å². The van der Waals surface area contributed by atoms with Crippen LogP contribution in [0.25, 0.3) is 20.7 Å². The van der Waals surface area contributed by atoms with Crippen molar-refractivity contribution in [1.29, 1.82) is 0 Å². The third-order valence-electron chi connectivity index (χ3n) is 4.19. The molecule has 3 heterocycles. The second kappa shape index (κ2) is 8.65. The molecule has 7 heteroatoms. The predicted molar refractivity (Wildman–Crippen MR) is 112 cm³/mol. The molecule has 4 aromatic rings. The summed E-state index contributed by atoms with van der Waals surface area (Å²) < 4.78 is 6.78. The van der Waals surface area contributed by atoms with Gasteiger partial charge in [-0.1, -0.05) is 24.1 Å². The van der Waals surface area contributed by atoms with Gasteiger partial charge in [-0.25, -0.2) is 15.0 Å². The van der Waals surface area contributed by atoms with E-state index in [9.17, 15) is 0 Å². The van der Waals surface area contributed by atoms with Gasteiger partial charge in [0.15, 0.2) is 0 Å². The average Bonchev–Trinajstić information content (AvgIpc) is 3.38. The number of rotatable bonds is 8. The van der Waals surface area contributed by atoms with Gasteiger partial charge in [0.05, 0.1) is 29.5 Å². The number of anilines is 1. The maximum absolute atomic E-state index is 5.53. The number of ether oxygens (including phenoxy) is 1. The molecular formula is C21H19N5OS. The summed E-state index contributed by atoms with van der Waals surface area (Å²) in [5.41, 5.74) is 1.89. The Morgan fingerprint density at radius 3 is 3.04 bits per heavy atom. The highest BCUT2D eigenvalue weighted by molar-refractivity contribution is 7.22. The zero-order valence-corrected chi connectivity index (χ0v) is 15.9. The lowest BCUT2D eigenvalue weighted by Crippen LogP contribution is -2.29. The number of nitrogens with one attached hydrogen (secondary N) is 2. The van der Waals surface area contributed by atoms with Crippen LogP contribution in [0.4, 0.5) is 5.95 Å². The first-order valence-electron chi connectivity index (χ1n) is 8.89. The summed E-state index contributed by atoms with van der Waals surface area (Å²) in [5.74, 6) is 3.05. The fourth-order valence-electron chi connectivity index (χ4n) is 2.93. The molecule has 0 aliphatic rings. The van der Waals surface area contributed by atoms with Crippen LogP contribution in [0, 0.1) is 12.3 Å². The molecule has 0 saturated heterocycles. The summed E-state index contributed by atoms with van der Waals surface area (Å²) in [6.07, 6.45) is 11.2. The molecule has 28 heavy (non-hydrogen) atoms. The van der Waals surface area contributed by atoms with Crippen LogP contribution in [0.1, 0.15) is 5.69 Å². The lowest BCUT2D eigenvalue weighted by atomic mass is 10.2. The van der Waals surface area contributed by atoms with Crippen molar-refractivity contribution in [3.63, 3.8) is 0 Å². The molecule has 6 nitrogen and oxygen atoms in total. The van der Waals surface area contributed by atoms with Crippen LogP contribution in [0.5, 0.6) is 0 Å². The van der Waals surface area contributed by atoms with Crippen molar-refractivity contribution >= 4 is 27.4 Å². The van der Waals surface area contributed by atoms with Crippen LogP contribution in [0.2, 0.25) is 0 Å². The summed E-state index contributed by atoms with van der Waals surface area (Å²) >= 11 is 1.72. The van der Waals surface area contributed by atoms with Gasteiger partial charge in [-0.05, 0) is 23.6 Å². The van der Waals surface area contributed by atoms with Gasteiger partial charge >= 0.3 is 0 Å². The third kappa shape index (κ3) is 4.36. The molecule has 0 spiro atoms. The van der Waals surface area contributed by atoms with E-state index in [4.69, 9.17) is 16.1 Å². The Morgan fingerprint density at radius 2 is 2.21 bits per heavy atom. The number of hydrogen-bond donors (Lipinski definition) is 2. The largest absolute Gasteiger partial charge is 0.367 e. The highest BCUT2D eigenvalue weighted by Crippen LogP contribution is 2.32. The van der Waals surface area contributed by atoms with Crippen molar-refractivity contribution in [2.75, 3.05) is 18.5 Å². The lowest BCUT2D eigenvalue weighted by Gasteiger charge is -2.18. The zero-order valence-electron chi connectivity index (χ0n) is 15.1. The number of hydrogen-bond acceptors (Lipinski definition) is 6. The van der Waals surface area contributed by atoms with Crippen LogP contribution in [-0.2, 0) is 11.2 Å². The van der Waals surface area contributed by atoms with Crippen LogP contribution >= 0.6 is 11.3 Å². The first kappa shape index (κ1) is 18.2. The van der Waals surface area contributed by atoms with Crippen LogP contribution in [0.3, 0.4) is 0 Å². The first-order valence-corrected chi connectivity index (χ1v) is 9.70. The minimum atomic E-state index is -0.0357. The van der Waals surface area contributed by atoms with E-state index in [1.807, 2.05) is 18.2 Å². The SMILES string of the molecule is C#CCOC[C@H](Cc1cnc[nH]1)Nc1nccc(-c2cc3ccccc3s2)n1. The number of aromatic amines is 1. The molecule has 0 bridgehead atoms. The topological polar surface area (TPSA) is 75.7 Å². The number of terminal acetylenes is 1. The molecule has 0 aliphatic heterocycles. The normalized spacial score (nSPS) is 12.0. The van der Waals surface area contributed by atoms with Gasteiger partial charge in [0.2, 0.25) is 5.95 Å². The van der Waals surface area contributed by atoms with Crippen LogP contribution in [0.15, 0.2) is 55.1 Å². The van der Waals surface area contributed by atoms with Gasteiger partial charge in [0.1, 0.15) is 6.61 Å². The summed E-state index contributed by atoms with van der Waals surface area (Å²) in [7, 11) is 0. The molecule has 0 amide bonds. The van der Waals surface area contributed by atoms with Gasteiger partial charge in [-0.2, -0.15) is 0 Å². The van der Waals surface area contributed by atoms with E-state index in [0.717, 1.165) is 16.3 Å². The van der Waals surface area contributed by atoms with E-state index in [-0.39, 0.29) is 12.6 Å². The zero-order chi connectivity index (χ0) is 19.2. The Balaban J connectivity index is 1.53. The Labute approximate surface area is 167 Å². The van der Waals surface area contributed by atoms with Gasteiger partial charge in [0.25, 0.3) is 0 Å². The molecule has 0 aliphatic carbocycles.